The van der Waals surface area contributed by atoms with Gasteiger partial charge in [0.25, 0.3) is 17.7 Å². The van der Waals surface area contributed by atoms with Crippen LogP contribution in [0, 0.1) is 35.5 Å². The number of Topliss-reactive ketones (excluding diaryl/α,β-unsaturated/α-hetero) is 1. The van der Waals surface area contributed by atoms with E-state index in [0.717, 1.165) is 16.4 Å². The van der Waals surface area contributed by atoms with Gasteiger partial charge in [-0.15, -0.1) is 0 Å². The first-order valence-corrected chi connectivity index (χ1v) is 12.5. The molecule has 1 heterocycles. The molecule has 7 atom stereocenters. The van der Waals surface area contributed by atoms with Crippen LogP contribution < -0.4 is 4.74 Å². The molecule has 2 aromatic rings. The molecular formula is C28H25ClN2O5. The van der Waals surface area contributed by atoms with Crippen LogP contribution in [0.15, 0.2) is 60.7 Å². The lowest BCUT2D eigenvalue weighted by Gasteiger charge is -2.37. The Labute approximate surface area is 213 Å². The zero-order valence-electron chi connectivity index (χ0n) is 19.8. The van der Waals surface area contributed by atoms with E-state index in [1.807, 2.05) is 0 Å². The Balaban J connectivity index is 1.38. The third-order valence-electron chi connectivity index (χ3n) is 8.28. The van der Waals surface area contributed by atoms with Gasteiger partial charge in [-0.2, -0.15) is 5.01 Å². The molecule has 184 valence electrons. The van der Waals surface area contributed by atoms with E-state index in [1.54, 1.807) is 43.3 Å². The van der Waals surface area contributed by atoms with Gasteiger partial charge in [-0.05, 0) is 85.5 Å². The maximum Gasteiger partial charge on any atom is 0.273 e. The topological polar surface area (TPSA) is 84.0 Å². The van der Waals surface area contributed by atoms with Gasteiger partial charge in [-0.25, -0.2) is 5.01 Å². The number of benzene rings is 2. The minimum atomic E-state index is -1.10. The number of hydrogen-bond acceptors (Lipinski definition) is 5. The van der Waals surface area contributed by atoms with Crippen LogP contribution in [0.3, 0.4) is 0 Å². The monoisotopic (exact) mass is 504 g/mol. The average molecular weight is 505 g/mol. The van der Waals surface area contributed by atoms with Gasteiger partial charge in [0.2, 0.25) is 0 Å². The molecule has 0 radical (unpaired) electrons. The van der Waals surface area contributed by atoms with Crippen LogP contribution in [0.5, 0.6) is 5.75 Å². The van der Waals surface area contributed by atoms with Gasteiger partial charge >= 0.3 is 0 Å². The third-order valence-corrected chi connectivity index (χ3v) is 8.53. The van der Waals surface area contributed by atoms with E-state index in [-0.39, 0.29) is 23.2 Å². The summed E-state index contributed by atoms with van der Waals surface area (Å²) in [5.74, 6) is -1.31. The summed E-state index contributed by atoms with van der Waals surface area (Å²) in [4.78, 5) is 55.0. The van der Waals surface area contributed by atoms with Gasteiger partial charge in [0, 0.05) is 16.1 Å². The lowest BCUT2D eigenvalue weighted by atomic mass is 9.63. The number of ketones is 1. The number of rotatable bonds is 6. The van der Waals surface area contributed by atoms with Crippen LogP contribution in [0.25, 0.3) is 0 Å². The molecule has 0 unspecified atom stereocenters. The van der Waals surface area contributed by atoms with E-state index in [1.165, 1.54) is 19.2 Å². The standard InChI is InChI=1S/C28H25ClN2O5/c1-14(25(32)15-5-9-18(36-2)10-6-15)30(26(33)16-3-7-17(29)8-4-16)31-27(34)23-19-11-12-20(22-13-21(19)22)24(23)28(31)35/h3-12,14,19-24H,13H2,1-2H3/t14-,19-,20-,21-,22-,23-,24+/m0/s1. The number of nitrogens with zero attached hydrogens (tertiary/aromatic N) is 2. The van der Waals surface area contributed by atoms with Gasteiger partial charge in [-0.1, -0.05) is 23.8 Å². The van der Waals surface area contributed by atoms with Crippen LogP contribution in [0.2, 0.25) is 5.02 Å². The number of methoxy groups -OCH3 is 1. The van der Waals surface area contributed by atoms with Gasteiger partial charge in [-0.3, -0.25) is 19.2 Å². The van der Waals surface area contributed by atoms with Gasteiger partial charge in [0.05, 0.1) is 18.9 Å². The maximum absolute atomic E-state index is 13.8. The van der Waals surface area contributed by atoms with Crippen LogP contribution >= 0.6 is 11.6 Å². The molecular weight excluding hydrogens is 480 g/mol. The van der Waals surface area contributed by atoms with Crippen molar-refractivity contribution in [1.82, 2.24) is 10.0 Å². The first kappa shape index (κ1) is 23.0. The van der Waals surface area contributed by atoms with Crippen LogP contribution in [-0.4, -0.2) is 46.7 Å². The minimum absolute atomic E-state index is 0.00605. The number of carbonyl (C=O) groups is 4. The molecule has 0 N–H and O–H groups in total. The fourth-order valence-corrected chi connectivity index (χ4v) is 6.55. The largest absolute Gasteiger partial charge is 0.497 e. The average Bonchev–Trinajstić information content (AvgIpc) is 3.68. The zero-order valence-corrected chi connectivity index (χ0v) is 20.6. The molecule has 2 bridgehead atoms. The summed E-state index contributed by atoms with van der Waals surface area (Å²) >= 11 is 6.01. The Morgan fingerprint density at radius 3 is 1.97 bits per heavy atom. The highest BCUT2D eigenvalue weighted by molar-refractivity contribution is 6.30. The van der Waals surface area contributed by atoms with Crippen molar-refractivity contribution < 1.29 is 23.9 Å². The second-order valence-electron chi connectivity index (χ2n) is 10.1. The molecule has 5 aliphatic rings. The predicted octanol–water partition coefficient (Wildman–Crippen LogP) is 4.03. The number of halogens is 1. The van der Waals surface area contributed by atoms with E-state index in [9.17, 15) is 19.2 Å². The van der Waals surface area contributed by atoms with Crippen molar-refractivity contribution in [2.75, 3.05) is 7.11 Å². The molecule has 1 saturated heterocycles. The Morgan fingerprint density at radius 2 is 1.44 bits per heavy atom. The molecule has 7 nitrogen and oxygen atoms in total. The van der Waals surface area contributed by atoms with E-state index in [4.69, 9.17) is 16.3 Å². The Morgan fingerprint density at radius 1 is 0.917 bits per heavy atom. The highest BCUT2D eigenvalue weighted by Crippen LogP contribution is 2.65. The van der Waals surface area contributed by atoms with Crippen molar-refractivity contribution in [2.24, 2.45) is 35.5 Å². The summed E-state index contributed by atoms with van der Waals surface area (Å²) < 4.78 is 5.17. The van der Waals surface area contributed by atoms with Crippen molar-refractivity contribution in [3.8, 4) is 5.75 Å². The van der Waals surface area contributed by atoms with Crippen LogP contribution in [0.1, 0.15) is 34.1 Å². The lowest BCUT2D eigenvalue weighted by molar-refractivity contribution is -0.156. The number of hydrazine groups is 1. The number of carbonyl (C=O) groups excluding carboxylic acids is 4. The molecule has 2 aromatic carbocycles. The van der Waals surface area contributed by atoms with E-state index >= 15 is 0 Å². The first-order chi connectivity index (χ1) is 17.3. The molecule has 4 aliphatic carbocycles. The number of hydrogen-bond donors (Lipinski definition) is 0. The predicted molar refractivity (Wildman–Crippen MR) is 131 cm³/mol. The normalized spacial score (nSPS) is 30.0. The molecule has 3 amide bonds. The van der Waals surface area contributed by atoms with Crippen LogP contribution in [-0.2, 0) is 9.59 Å². The fourth-order valence-electron chi connectivity index (χ4n) is 6.43. The smallest absolute Gasteiger partial charge is 0.273 e. The molecule has 8 heteroatoms. The number of ether oxygens (including phenoxy) is 1. The number of amides is 3. The minimum Gasteiger partial charge on any atom is -0.497 e. The Hall–Kier alpha value is -3.45. The Bertz CT molecular complexity index is 1270. The number of imide groups is 1. The van der Waals surface area contributed by atoms with E-state index in [0.29, 0.717) is 28.2 Å². The molecule has 1 aliphatic heterocycles. The second-order valence-corrected chi connectivity index (χ2v) is 10.5. The molecule has 0 aromatic heterocycles. The second kappa shape index (κ2) is 8.30. The maximum atomic E-state index is 13.8. The highest BCUT2D eigenvalue weighted by Gasteiger charge is 2.68. The third kappa shape index (κ3) is 3.33. The Kier molecular flexibility index (Phi) is 5.30. The molecule has 0 spiro atoms. The molecule has 3 fully saturated rings. The molecule has 36 heavy (non-hydrogen) atoms. The first-order valence-electron chi connectivity index (χ1n) is 12.1. The SMILES string of the molecule is COc1ccc(C(=O)[C@H](C)N(C(=O)c2ccc(Cl)cc2)N2C(=O)[C@@H]3[C@H]4C=C[C@@H]([C@@H]5C[C@@H]45)[C@@H]3C2=O)cc1. The van der Waals surface area contributed by atoms with Crippen molar-refractivity contribution >= 4 is 35.1 Å². The fraction of sp³-hybridized carbons (Fsp3) is 0.357. The zero-order chi connectivity index (χ0) is 25.3. The van der Waals surface area contributed by atoms with Crippen molar-refractivity contribution in [3.63, 3.8) is 0 Å². The summed E-state index contributed by atoms with van der Waals surface area (Å²) in [5, 5.41) is 2.47. The van der Waals surface area contributed by atoms with Gasteiger partial charge in [0.15, 0.2) is 5.78 Å². The summed E-state index contributed by atoms with van der Waals surface area (Å²) in [5.41, 5.74) is 0.574. The molecule has 7 rings (SSSR count). The summed E-state index contributed by atoms with van der Waals surface area (Å²) in [6.45, 7) is 1.55. The summed E-state index contributed by atoms with van der Waals surface area (Å²) in [6.07, 6.45) is 5.19. The summed E-state index contributed by atoms with van der Waals surface area (Å²) in [6, 6.07) is 11.6. The quantitative estimate of drug-likeness (QED) is 0.337. The lowest BCUT2D eigenvalue weighted by Crippen LogP contribution is -2.56. The van der Waals surface area contributed by atoms with E-state index in [2.05, 4.69) is 12.2 Å². The summed E-state index contributed by atoms with van der Waals surface area (Å²) in [7, 11) is 1.53. The van der Waals surface area contributed by atoms with Gasteiger partial charge in [0.1, 0.15) is 11.8 Å². The van der Waals surface area contributed by atoms with Crippen molar-refractivity contribution in [1.29, 1.82) is 0 Å². The van der Waals surface area contributed by atoms with Crippen molar-refractivity contribution in [3.05, 3.63) is 76.8 Å². The van der Waals surface area contributed by atoms with Crippen molar-refractivity contribution in [2.45, 2.75) is 19.4 Å². The van der Waals surface area contributed by atoms with E-state index < -0.39 is 35.6 Å². The molecule has 2 saturated carbocycles. The van der Waals surface area contributed by atoms with Gasteiger partial charge < -0.3 is 4.74 Å². The number of allylic oxidation sites excluding steroid dienone is 2. The highest BCUT2D eigenvalue weighted by atomic mass is 35.5. The van der Waals surface area contributed by atoms with Crippen LogP contribution in [0.4, 0.5) is 0 Å².